The van der Waals surface area contributed by atoms with Crippen LogP contribution in [0.5, 0.6) is 0 Å². The van der Waals surface area contributed by atoms with Gasteiger partial charge in [0.1, 0.15) is 12.3 Å². The van der Waals surface area contributed by atoms with Crippen LogP contribution in [0.3, 0.4) is 0 Å². The molecule has 1 heterocycles. The molecule has 0 aromatic heterocycles. The summed E-state index contributed by atoms with van der Waals surface area (Å²) >= 11 is 13.2. The van der Waals surface area contributed by atoms with Gasteiger partial charge in [0.15, 0.2) is 0 Å². The van der Waals surface area contributed by atoms with Crippen LogP contribution in [0.15, 0.2) is 47.5 Å². The van der Waals surface area contributed by atoms with Crippen molar-refractivity contribution in [3.63, 3.8) is 0 Å². The van der Waals surface area contributed by atoms with E-state index in [0.29, 0.717) is 11.7 Å². The van der Waals surface area contributed by atoms with Crippen LogP contribution in [-0.4, -0.2) is 39.6 Å². The molecule has 23 heavy (non-hydrogen) atoms. The second kappa shape index (κ2) is 5.35. The molecule has 1 fully saturated rings. The lowest BCUT2D eigenvalue weighted by molar-refractivity contribution is 0.00309. The molecule has 0 saturated heterocycles. The zero-order chi connectivity index (χ0) is 16.1. The van der Waals surface area contributed by atoms with Crippen molar-refractivity contribution in [1.29, 1.82) is 0 Å². The molecular weight excluding hydrogens is 333 g/mol. The van der Waals surface area contributed by atoms with Gasteiger partial charge in [0.2, 0.25) is 0 Å². The summed E-state index contributed by atoms with van der Waals surface area (Å²) in [7, 11) is 0. The molecule has 6 heteroatoms. The lowest BCUT2D eigenvalue weighted by Crippen LogP contribution is -2.61. The van der Waals surface area contributed by atoms with Crippen molar-refractivity contribution in [3.05, 3.63) is 53.1 Å². The number of hydrogen-bond donors (Lipinski definition) is 2. The molecule has 1 aromatic carbocycles. The Balaban J connectivity index is 1.83. The summed E-state index contributed by atoms with van der Waals surface area (Å²) in [5.74, 6) is 0. The maximum absolute atomic E-state index is 11.8. The molecule has 120 valence electrons. The monoisotopic (exact) mass is 349 g/mol. The maximum Gasteiger partial charge on any atom is 0.130 e. The largest absolute Gasteiger partial charge is 0.381 e. The standard InChI is InChI=1S/C17H17Cl2N3O/c18-14-6-2-1-4-12(14)13-5-3-7-15(22-11-20-10-21-22)17(13,23)16(19)8-9-16/h1-7,10,15,23H,8-9,11H2,(H,20,21). The number of halogens is 2. The minimum atomic E-state index is -1.24. The highest BCUT2D eigenvalue weighted by Crippen LogP contribution is 2.59. The van der Waals surface area contributed by atoms with E-state index in [4.69, 9.17) is 23.2 Å². The van der Waals surface area contributed by atoms with Crippen molar-refractivity contribution in [3.8, 4) is 0 Å². The van der Waals surface area contributed by atoms with Crippen LogP contribution in [0.1, 0.15) is 18.4 Å². The molecule has 0 bridgehead atoms. The van der Waals surface area contributed by atoms with Gasteiger partial charge in [-0.1, -0.05) is 48.0 Å². The fraction of sp³-hybridized carbons (Fsp3) is 0.353. The molecular formula is C17H17Cl2N3O. The molecule has 1 aromatic rings. The first kappa shape index (κ1) is 15.2. The van der Waals surface area contributed by atoms with Crippen molar-refractivity contribution in [2.75, 3.05) is 6.67 Å². The first-order chi connectivity index (χ1) is 11.1. The summed E-state index contributed by atoms with van der Waals surface area (Å²) in [6.07, 6.45) is 9.00. The quantitative estimate of drug-likeness (QED) is 0.824. The fourth-order valence-corrected chi connectivity index (χ4v) is 3.98. The van der Waals surface area contributed by atoms with E-state index in [1.807, 2.05) is 47.5 Å². The van der Waals surface area contributed by atoms with Gasteiger partial charge in [0, 0.05) is 5.02 Å². The number of alkyl halides is 1. The molecule has 1 saturated carbocycles. The van der Waals surface area contributed by atoms with Gasteiger partial charge in [0.25, 0.3) is 0 Å². The lowest BCUT2D eigenvalue weighted by Gasteiger charge is -2.45. The van der Waals surface area contributed by atoms with E-state index >= 15 is 0 Å². The Morgan fingerprint density at radius 2 is 2.09 bits per heavy atom. The fourth-order valence-electron chi connectivity index (χ4n) is 3.44. The summed E-state index contributed by atoms with van der Waals surface area (Å²) in [4.78, 5) is 3.50. The van der Waals surface area contributed by atoms with Gasteiger partial charge in [-0.2, -0.15) is 5.01 Å². The van der Waals surface area contributed by atoms with Crippen LogP contribution < -0.4 is 5.43 Å². The first-order valence-corrected chi connectivity index (χ1v) is 8.38. The van der Waals surface area contributed by atoms with Crippen molar-refractivity contribution in [2.45, 2.75) is 29.4 Å². The predicted molar refractivity (Wildman–Crippen MR) is 93.5 cm³/mol. The molecule has 2 atom stereocenters. The Labute approximate surface area is 145 Å². The molecule has 1 aliphatic heterocycles. The number of allylic oxidation sites excluding steroid dienone is 2. The normalized spacial score (nSPS) is 31.8. The van der Waals surface area contributed by atoms with Gasteiger partial charge < -0.3 is 10.5 Å². The highest BCUT2D eigenvalue weighted by atomic mass is 35.5. The summed E-state index contributed by atoms with van der Waals surface area (Å²) in [5.41, 5.74) is 3.42. The Morgan fingerprint density at radius 3 is 2.74 bits per heavy atom. The Morgan fingerprint density at radius 1 is 1.30 bits per heavy atom. The van der Waals surface area contributed by atoms with Crippen molar-refractivity contribution in [2.24, 2.45) is 4.99 Å². The van der Waals surface area contributed by atoms with E-state index in [-0.39, 0.29) is 6.04 Å². The molecule has 0 amide bonds. The zero-order valence-corrected chi connectivity index (χ0v) is 13.9. The summed E-state index contributed by atoms with van der Waals surface area (Å²) in [5, 5.41) is 14.3. The van der Waals surface area contributed by atoms with Crippen LogP contribution in [0.2, 0.25) is 5.02 Å². The van der Waals surface area contributed by atoms with E-state index in [1.165, 1.54) is 0 Å². The van der Waals surface area contributed by atoms with Crippen LogP contribution in [0.25, 0.3) is 5.57 Å². The first-order valence-electron chi connectivity index (χ1n) is 7.62. The number of hydrazine groups is 1. The molecule has 3 aliphatic rings. The second-order valence-electron chi connectivity index (χ2n) is 6.17. The minimum Gasteiger partial charge on any atom is -0.381 e. The van der Waals surface area contributed by atoms with Crippen LogP contribution in [0, 0.1) is 0 Å². The number of benzene rings is 1. The third-order valence-corrected chi connectivity index (χ3v) is 5.81. The van der Waals surface area contributed by atoms with E-state index in [0.717, 1.165) is 24.0 Å². The highest BCUT2D eigenvalue weighted by Gasteiger charge is 2.64. The SMILES string of the molecule is OC1(C2(Cl)CC2)C(c2ccccc2Cl)=CC=CC1N1CN=CN1. The molecule has 4 rings (SSSR count). The third kappa shape index (κ3) is 2.24. The summed E-state index contributed by atoms with van der Waals surface area (Å²) in [6.45, 7) is 0.472. The second-order valence-corrected chi connectivity index (χ2v) is 7.30. The van der Waals surface area contributed by atoms with Crippen LogP contribution in [0.4, 0.5) is 0 Å². The predicted octanol–water partition coefficient (Wildman–Crippen LogP) is 2.97. The highest BCUT2D eigenvalue weighted by molar-refractivity contribution is 6.33. The topological polar surface area (TPSA) is 47.9 Å². The summed E-state index contributed by atoms with van der Waals surface area (Å²) in [6, 6.07) is 7.23. The van der Waals surface area contributed by atoms with E-state index in [2.05, 4.69) is 10.4 Å². The van der Waals surface area contributed by atoms with Crippen LogP contribution >= 0.6 is 23.2 Å². The Kier molecular flexibility index (Phi) is 3.54. The van der Waals surface area contributed by atoms with Gasteiger partial charge in [-0.05, 0) is 30.0 Å². The molecule has 0 radical (unpaired) electrons. The number of hydrogen-bond acceptors (Lipinski definition) is 4. The molecule has 0 spiro atoms. The van der Waals surface area contributed by atoms with Gasteiger partial charge in [-0.25, -0.2) is 0 Å². The minimum absolute atomic E-state index is 0.318. The third-order valence-electron chi connectivity index (χ3n) is 4.82. The number of nitrogens with one attached hydrogen (secondary N) is 1. The molecule has 2 aliphatic carbocycles. The van der Waals surface area contributed by atoms with Crippen LogP contribution in [-0.2, 0) is 0 Å². The van der Waals surface area contributed by atoms with Gasteiger partial charge in [0.05, 0.1) is 17.3 Å². The lowest BCUT2D eigenvalue weighted by atomic mass is 9.75. The number of aliphatic hydroxyl groups is 1. The Bertz CT molecular complexity index is 718. The Hall–Kier alpha value is -1.33. The number of aliphatic imine (C=N–C) groups is 1. The molecule has 4 nitrogen and oxygen atoms in total. The van der Waals surface area contributed by atoms with Crippen molar-refractivity contribution < 1.29 is 5.11 Å². The van der Waals surface area contributed by atoms with Gasteiger partial charge >= 0.3 is 0 Å². The molecule has 2 unspecified atom stereocenters. The number of nitrogens with zero attached hydrogens (tertiary/aromatic N) is 2. The number of rotatable bonds is 3. The van der Waals surface area contributed by atoms with Crippen molar-refractivity contribution >= 4 is 35.1 Å². The summed E-state index contributed by atoms with van der Waals surface area (Å²) < 4.78 is 0. The van der Waals surface area contributed by atoms with Gasteiger partial charge in [-0.3, -0.25) is 4.99 Å². The average molecular weight is 350 g/mol. The van der Waals surface area contributed by atoms with E-state index in [9.17, 15) is 5.11 Å². The van der Waals surface area contributed by atoms with Crippen molar-refractivity contribution in [1.82, 2.24) is 10.4 Å². The zero-order valence-electron chi connectivity index (χ0n) is 12.4. The van der Waals surface area contributed by atoms with E-state index in [1.54, 1.807) is 6.34 Å². The molecule has 2 N–H and O–H groups in total. The average Bonchev–Trinajstić information content (AvgIpc) is 3.10. The smallest absolute Gasteiger partial charge is 0.130 e. The maximum atomic E-state index is 11.8. The van der Waals surface area contributed by atoms with E-state index < -0.39 is 10.5 Å². The van der Waals surface area contributed by atoms with Gasteiger partial charge in [-0.15, -0.1) is 11.6 Å².